The van der Waals surface area contributed by atoms with Crippen LogP contribution < -0.4 is 0 Å². The maximum Gasteiger partial charge on any atom is 0.101 e. The standard InChI is InChI=1S/C7H7N3.2C2H6/c1-5-3-7(4-8)6(2)10-9-5;2*1-2/h3H,1-2H3;2*1-2H3. The molecule has 0 aliphatic rings. The second-order valence-electron chi connectivity index (χ2n) is 2.10. The highest BCUT2D eigenvalue weighted by atomic mass is 15.1. The molecule has 1 rings (SSSR count). The minimum atomic E-state index is 0.604. The Balaban J connectivity index is 0. The number of nitriles is 1. The van der Waals surface area contributed by atoms with Crippen LogP contribution in [0.3, 0.4) is 0 Å². The van der Waals surface area contributed by atoms with Crippen LogP contribution in [0.2, 0.25) is 0 Å². The highest BCUT2D eigenvalue weighted by Crippen LogP contribution is 2.01. The summed E-state index contributed by atoms with van der Waals surface area (Å²) in [6.07, 6.45) is 0. The summed E-state index contributed by atoms with van der Waals surface area (Å²) in [6, 6.07) is 3.76. The number of hydrogen-bond acceptors (Lipinski definition) is 3. The Bertz CT molecular complexity index is 287. The maximum absolute atomic E-state index is 8.53. The Morgan fingerprint density at radius 2 is 1.57 bits per heavy atom. The van der Waals surface area contributed by atoms with Gasteiger partial charge >= 0.3 is 0 Å². The summed E-state index contributed by atoms with van der Waals surface area (Å²) in [6.45, 7) is 11.6. The van der Waals surface area contributed by atoms with Gasteiger partial charge in [-0.25, -0.2) is 0 Å². The van der Waals surface area contributed by atoms with E-state index in [0.29, 0.717) is 11.3 Å². The molecule has 0 aliphatic heterocycles. The molecule has 1 aromatic rings. The molecule has 14 heavy (non-hydrogen) atoms. The average Bonchev–Trinajstić information content (AvgIpc) is 2.27. The normalized spacial score (nSPS) is 7.21. The minimum Gasteiger partial charge on any atom is -0.192 e. The summed E-state index contributed by atoms with van der Waals surface area (Å²) in [4.78, 5) is 0. The molecule has 78 valence electrons. The first-order chi connectivity index (χ1) is 6.74. The lowest BCUT2D eigenvalue weighted by Crippen LogP contribution is -1.93. The molecule has 0 atom stereocenters. The van der Waals surface area contributed by atoms with Crippen LogP contribution in [0.4, 0.5) is 0 Å². The predicted octanol–water partition coefficient (Wildman–Crippen LogP) is 3.02. The van der Waals surface area contributed by atoms with Crippen LogP contribution in [0, 0.1) is 25.2 Å². The zero-order valence-corrected chi connectivity index (χ0v) is 9.92. The zero-order valence-electron chi connectivity index (χ0n) is 9.92. The van der Waals surface area contributed by atoms with Crippen molar-refractivity contribution in [3.63, 3.8) is 0 Å². The Kier molecular flexibility index (Phi) is 10.4. The molecule has 1 aromatic heterocycles. The van der Waals surface area contributed by atoms with E-state index in [4.69, 9.17) is 5.26 Å². The lowest BCUT2D eigenvalue weighted by molar-refractivity contribution is 0.934. The molecule has 0 saturated heterocycles. The lowest BCUT2D eigenvalue weighted by Gasteiger charge is -1.93. The molecule has 0 aliphatic carbocycles. The summed E-state index contributed by atoms with van der Waals surface area (Å²) in [5, 5.41) is 16.1. The Hall–Kier alpha value is -1.43. The SMILES string of the molecule is CC.CC.Cc1cc(C#N)c(C)nn1. The second kappa shape index (κ2) is 9.66. The first kappa shape index (κ1) is 15.1. The Labute approximate surface area is 86.8 Å². The topological polar surface area (TPSA) is 49.6 Å². The van der Waals surface area contributed by atoms with Gasteiger partial charge in [-0.15, -0.1) is 0 Å². The quantitative estimate of drug-likeness (QED) is 0.636. The van der Waals surface area contributed by atoms with E-state index in [9.17, 15) is 0 Å². The highest BCUT2D eigenvalue weighted by Gasteiger charge is 1.97. The lowest BCUT2D eigenvalue weighted by atomic mass is 10.2. The predicted molar refractivity (Wildman–Crippen MR) is 58.9 cm³/mol. The summed E-state index contributed by atoms with van der Waals surface area (Å²) in [7, 11) is 0. The summed E-state index contributed by atoms with van der Waals surface area (Å²) in [5.74, 6) is 0. The minimum absolute atomic E-state index is 0.604. The third-order valence-corrected chi connectivity index (χ3v) is 1.22. The van der Waals surface area contributed by atoms with Crippen LogP contribution in [0.15, 0.2) is 6.07 Å². The molecule has 0 amide bonds. The van der Waals surface area contributed by atoms with Crippen LogP contribution >= 0.6 is 0 Å². The van der Waals surface area contributed by atoms with Gasteiger partial charge < -0.3 is 0 Å². The van der Waals surface area contributed by atoms with Gasteiger partial charge in [-0.2, -0.15) is 15.5 Å². The Morgan fingerprint density at radius 3 is 1.93 bits per heavy atom. The van der Waals surface area contributed by atoms with E-state index in [2.05, 4.69) is 10.2 Å². The summed E-state index contributed by atoms with van der Waals surface area (Å²) >= 11 is 0. The van der Waals surface area contributed by atoms with Gasteiger partial charge in [0.05, 0.1) is 17.0 Å². The van der Waals surface area contributed by atoms with Crippen molar-refractivity contribution in [1.29, 1.82) is 5.26 Å². The molecule has 3 heteroatoms. The van der Waals surface area contributed by atoms with Gasteiger partial charge in [0.2, 0.25) is 0 Å². The fourth-order valence-electron chi connectivity index (χ4n) is 0.663. The van der Waals surface area contributed by atoms with Crippen molar-refractivity contribution in [3.8, 4) is 6.07 Å². The van der Waals surface area contributed by atoms with Crippen LogP contribution in [0.5, 0.6) is 0 Å². The monoisotopic (exact) mass is 193 g/mol. The summed E-state index contributed by atoms with van der Waals surface area (Å²) in [5.41, 5.74) is 2.07. The molecule has 0 radical (unpaired) electrons. The number of hydrogen-bond donors (Lipinski definition) is 0. The molecule has 3 nitrogen and oxygen atoms in total. The molecule has 1 heterocycles. The maximum atomic E-state index is 8.53. The fraction of sp³-hybridized carbons (Fsp3) is 0.545. The smallest absolute Gasteiger partial charge is 0.101 e. The van der Waals surface area contributed by atoms with E-state index < -0.39 is 0 Å². The van der Waals surface area contributed by atoms with Crippen molar-refractivity contribution in [2.45, 2.75) is 41.5 Å². The zero-order chi connectivity index (χ0) is 11.6. The Morgan fingerprint density at radius 1 is 1.07 bits per heavy atom. The van der Waals surface area contributed by atoms with E-state index in [-0.39, 0.29) is 0 Å². The number of rotatable bonds is 0. The molecular weight excluding hydrogens is 174 g/mol. The van der Waals surface area contributed by atoms with Gasteiger partial charge in [0.1, 0.15) is 6.07 Å². The van der Waals surface area contributed by atoms with Gasteiger partial charge in [0.15, 0.2) is 0 Å². The van der Waals surface area contributed by atoms with Crippen molar-refractivity contribution in [1.82, 2.24) is 10.2 Å². The van der Waals surface area contributed by atoms with Gasteiger partial charge in [-0.1, -0.05) is 27.7 Å². The first-order valence-corrected chi connectivity index (χ1v) is 4.95. The molecule has 0 N–H and O–H groups in total. The van der Waals surface area contributed by atoms with Gasteiger partial charge in [0.25, 0.3) is 0 Å². The van der Waals surface area contributed by atoms with E-state index in [1.807, 2.05) is 40.7 Å². The number of aromatic nitrogens is 2. The van der Waals surface area contributed by atoms with E-state index in [0.717, 1.165) is 5.69 Å². The highest BCUT2D eigenvalue weighted by molar-refractivity contribution is 5.32. The molecule has 0 aromatic carbocycles. The fourth-order valence-corrected chi connectivity index (χ4v) is 0.663. The van der Waals surface area contributed by atoms with E-state index >= 15 is 0 Å². The molecule has 0 spiro atoms. The van der Waals surface area contributed by atoms with Crippen LogP contribution in [-0.2, 0) is 0 Å². The van der Waals surface area contributed by atoms with E-state index in [1.165, 1.54) is 0 Å². The van der Waals surface area contributed by atoms with Crippen molar-refractivity contribution < 1.29 is 0 Å². The third kappa shape index (κ3) is 5.26. The second-order valence-corrected chi connectivity index (χ2v) is 2.10. The van der Waals surface area contributed by atoms with Crippen LogP contribution in [0.1, 0.15) is 44.6 Å². The number of nitrogens with zero attached hydrogens (tertiary/aromatic N) is 3. The van der Waals surface area contributed by atoms with Crippen molar-refractivity contribution in [2.24, 2.45) is 0 Å². The van der Waals surface area contributed by atoms with Crippen molar-refractivity contribution >= 4 is 0 Å². The van der Waals surface area contributed by atoms with Crippen molar-refractivity contribution in [3.05, 3.63) is 23.0 Å². The van der Waals surface area contributed by atoms with Crippen molar-refractivity contribution in [2.75, 3.05) is 0 Å². The largest absolute Gasteiger partial charge is 0.192 e. The molecule has 0 saturated carbocycles. The first-order valence-electron chi connectivity index (χ1n) is 4.95. The molecule has 0 unspecified atom stereocenters. The third-order valence-electron chi connectivity index (χ3n) is 1.22. The van der Waals surface area contributed by atoms with E-state index in [1.54, 1.807) is 13.0 Å². The summed E-state index contributed by atoms with van der Waals surface area (Å²) < 4.78 is 0. The van der Waals surface area contributed by atoms with Crippen LogP contribution in [-0.4, -0.2) is 10.2 Å². The van der Waals surface area contributed by atoms with Gasteiger partial charge in [-0.3, -0.25) is 0 Å². The average molecular weight is 193 g/mol. The molecular formula is C11H19N3. The molecule has 0 bridgehead atoms. The molecule has 0 fully saturated rings. The van der Waals surface area contributed by atoms with Gasteiger partial charge in [0, 0.05) is 0 Å². The number of aryl methyl sites for hydroxylation is 2. The van der Waals surface area contributed by atoms with Crippen LogP contribution in [0.25, 0.3) is 0 Å². The van der Waals surface area contributed by atoms with Gasteiger partial charge in [-0.05, 0) is 19.9 Å².